The summed E-state index contributed by atoms with van der Waals surface area (Å²) in [5.74, 6) is 0.653. The maximum Gasteiger partial charge on any atom is 0.201 e. The van der Waals surface area contributed by atoms with Gasteiger partial charge in [-0.15, -0.1) is 0 Å². The lowest BCUT2D eigenvalue weighted by atomic mass is 10.1. The average molecular weight is 230 g/mol. The number of rotatable bonds is 1. The lowest BCUT2D eigenvalue weighted by molar-refractivity contribution is 0.225. The molecule has 2 aromatic rings. The maximum absolute atomic E-state index is 6.06. The van der Waals surface area contributed by atoms with Crippen LogP contribution in [-0.2, 0) is 0 Å². The molecular weight excluding hydrogens is 212 g/mol. The van der Waals surface area contributed by atoms with Gasteiger partial charge in [0, 0.05) is 6.04 Å². The van der Waals surface area contributed by atoms with Gasteiger partial charge in [-0.1, -0.05) is 12.1 Å². The fraction of sp³-hybridized carbons (Fsp3) is 0.462. The molecule has 0 radical (unpaired) electrons. The van der Waals surface area contributed by atoms with Gasteiger partial charge in [0.05, 0.1) is 11.0 Å². The van der Waals surface area contributed by atoms with E-state index in [4.69, 9.17) is 5.73 Å². The number of para-hydroxylation sites is 2. The second-order valence-corrected chi connectivity index (χ2v) is 4.86. The fourth-order valence-corrected chi connectivity index (χ4v) is 2.70. The summed E-state index contributed by atoms with van der Waals surface area (Å²) >= 11 is 0. The van der Waals surface area contributed by atoms with Crippen LogP contribution < -0.4 is 5.73 Å². The fourth-order valence-electron chi connectivity index (χ4n) is 2.70. The van der Waals surface area contributed by atoms with Gasteiger partial charge in [-0.2, -0.15) is 0 Å². The number of piperidine rings is 1. The third-order valence-corrected chi connectivity index (χ3v) is 3.68. The summed E-state index contributed by atoms with van der Waals surface area (Å²) in [6, 6.07) is 8.69. The van der Waals surface area contributed by atoms with Crippen LogP contribution in [0.5, 0.6) is 0 Å². The van der Waals surface area contributed by atoms with E-state index in [1.165, 1.54) is 5.52 Å². The highest BCUT2D eigenvalue weighted by Gasteiger charge is 2.21. The van der Waals surface area contributed by atoms with Crippen molar-refractivity contribution >= 4 is 17.0 Å². The minimum absolute atomic E-state index is 0.499. The van der Waals surface area contributed by atoms with Crippen LogP contribution in [0.4, 0.5) is 5.95 Å². The molecule has 1 aliphatic heterocycles. The summed E-state index contributed by atoms with van der Waals surface area (Å²) in [6.07, 6.45) is 2.31. The Morgan fingerprint density at radius 1 is 1.24 bits per heavy atom. The number of nitrogen functional groups attached to an aromatic ring is 1. The predicted molar refractivity (Wildman–Crippen MR) is 69.9 cm³/mol. The zero-order chi connectivity index (χ0) is 11.8. The van der Waals surface area contributed by atoms with Crippen molar-refractivity contribution in [2.45, 2.75) is 18.9 Å². The molecule has 3 rings (SSSR count). The van der Waals surface area contributed by atoms with Gasteiger partial charge >= 0.3 is 0 Å². The molecule has 1 aromatic carbocycles. The number of nitrogens with zero attached hydrogens (tertiary/aromatic N) is 3. The largest absolute Gasteiger partial charge is 0.369 e. The SMILES string of the molecule is CN1CCC(n2c(N)nc3ccccc32)CC1. The number of nitrogens with two attached hydrogens (primary N) is 1. The highest BCUT2D eigenvalue weighted by molar-refractivity contribution is 5.78. The first kappa shape index (κ1) is 10.6. The highest BCUT2D eigenvalue weighted by atomic mass is 15.2. The number of hydrogen-bond acceptors (Lipinski definition) is 3. The van der Waals surface area contributed by atoms with Crippen molar-refractivity contribution in [2.24, 2.45) is 0 Å². The summed E-state index contributed by atoms with van der Waals surface area (Å²) in [5.41, 5.74) is 8.23. The number of hydrogen-bond donors (Lipinski definition) is 1. The van der Waals surface area contributed by atoms with Gasteiger partial charge in [0.1, 0.15) is 0 Å². The van der Waals surface area contributed by atoms with E-state index in [2.05, 4.69) is 33.6 Å². The van der Waals surface area contributed by atoms with Crippen molar-refractivity contribution in [2.75, 3.05) is 25.9 Å². The maximum atomic E-state index is 6.06. The zero-order valence-electron chi connectivity index (χ0n) is 10.1. The Morgan fingerprint density at radius 2 is 1.94 bits per heavy atom. The topological polar surface area (TPSA) is 47.1 Å². The molecule has 0 atom stereocenters. The summed E-state index contributed by atoms with van der Waals surface area (Å²) < 4.78 is 2.21. The highest BCUT2D eigenvalue weighted by Crippen LogP contribution is 2.29. The smallest absolute Gasteiger partial charge is 0.201 e. The average Bonchev–Trinajstić information content (AvgIpc) is 2.66. The van der Waals surface area contributed by atoms with E-state index in [1.54, 1.807) is 0 Å². The van der Waals surface area contributed by atoms with Crippen molar-refractivity contribution < 1.29 is 0 Å². The number of benzene rings is 1. The Hall–Kier alpha value is -1.55. The first-order valence-corrected chi connectivity index (χ1v) is 6.16. The first-order valence-electron chi connectivity index (χ1n) is 6.16. The molecule has 4 heteroatoms. The molecule has 17 heavy (non-hydrogen) atoms. The van der Waals surface area contributed by atoms with E-state index >= 15 is 0 Å². The van der Waals surface area contributed by atoms with Crippen molar-refractivity contribution in [3.8, 4) is 0 Å². The van der Waals surface area contributed by atoms with Crippen molar-refractivity contribution in [1.29, 1.82) is 0 Å². The Morgan fingerprint density at radius 3 is 2.71 bits per heavy atom. The van der Waals surface area contributed by atoms with Gasteiger partial charge < -0.3 is 15.2 Å². The molecule has 1 saturated heterocycles. The van der Waals surface area contributed by atoms with E-state index in [1.807, 2.05) is 12.1 Å². The van der Waals surface area contributed by atoms with Gasteiger partial charge in [0.15, 0.2) is 0 Å². The van der Waals surface area contributed by atoms with Crippen LogP contribution in [-0.4, -0.2) is 34.6 Å². The first-order chi connectivity index (χ1) is 8.25. The van der Waals surface area contributed by atoms with Crippen LogP contribution in [0.2, 0.25) is 0 Å². The molecule has 1 aromatic heterocycles. The van der Waals surface area contributed by atoms with Gasteiger partial charge in [-0.05, 0) is 45.1 Å². The van der Waals surface area contributed by atoms with E-state index < -0.39 is 0 Å². The van der Waals surface area contributed by atoms with Gasteiger partial charge in [-0.25, -0.2) is 4.98 Å². The molecule has 2 N–H and O–H groups in total. The minimum Gasteiger partial charge on any atom is -0.369 e. The summed E-state index contributed by atoms with van der Waals surface area (Å²) in [5, 5.41) is 0. The molecule has 0 saturated carbocycles. The van der Waals surface area contributed by atoms with Gasteiger partial charge in [-0.3, -0.25) is 0 Å². The zero-order valence-corrected chi connectivity index (χ0v) is 10.1. The molecule has 0 bridgehead atoms. The molecular formula is C13H18N4. The van der Waals surface area contributed by atoms with Gasteiger partial charge in [0.25, 0.3) is 0 Å². The van der Waals surface area contributed by atoms with Gasteiger partial charge in [0.2, 0.25) is 5.95 Å². The Bertz CT molecular complexity index is 523. The molecule has 2 heterocycles. The molecule has 90 valence electrons. The van der Waals surface area contributed by atoms with Crippen LogP contribution >= 0.6 is 0 Å². The van der Waals surface area contributed by atoms with Crippen molar-refractivity contribution in [3.63, 3.8) is 0 Å². The summed E-state index contributed by atoms with van der Waals surface area (Å²) in [7, 11) is 2.17. The lowest BCUT2D eigenvalue weighted by Crippen LogP contribution is -2.31. The second-order valence-electron chi connectivity index (χ2n) is 4.86. The minimum atomic E-state index is 0.499. The molecule has 0 unspecified atom stereocenters. The quantitative estimate of drug-likeness (QED) is 0.813. The second kappa shape index (κ2) is 4.04. The van der Waals surface area contributed by atoms with E-state index in [0.29, 0.717) is 12.0 Å². The number of imidazole rings is 1. The van der Waals surface area contributed by atoms with Crippen LogP contribution in [0.15, 0.2) is 24.3 Å². The summed E-state index contributed by atoms with van der Waals surface area (Å²) in [6.45, 7) is 2.27. The molecule has 4 nitrogen and oxygen atoms in total. The van der Waals surface area contributed by atoms with Crippen LogP contribution in [0.3, 0.4) is 0 Å². The number of aromatic nitrogens is 2. The monoisotopic (exact) mass is 230 g/mol. The normalized spacial score (nSPS) is 18.9. The van der Waals surface area contributed by atoms with E-state index in [-0.39, 0.29) is 0 Å². The van der Waals surface area contributed by atoms with Crippen LogP contribution in [0, 0.1) is 0 Å². The molecule has 0 amide bonds. The Kier molecular flexibility index (Phi) is 2.52. The molecule has 1 aliphatic rings. The Labute approximate surface area is 101 Å². The van der Waals surface area contributed by atoms with E-state index in [9.17, 15) is 0 Å². The number of likely N-dealkylation sites (tertiary alicyclic amines) is 1. The molecule has 0 aliphatic carbocycles. The number of fused-ring (bicyclic) bond motifs is 1. The van der Waals surface area contributed by atoms with E-state index in [0.717, 1.165) is 31.4 Å². The molecule has 1 fully saturated rings. The molecule has 0 spiro atoms. The number of anilines is 1. The van der Waals surface area contributed by atoms with Crippen molar-refractivity contribution in [3.05, 3.63) is 24.3 Å². The predicted octanol–water partition coefficient (Wildman–Crippen LogP) is 1.89. The Balaban J connectivity index is 2.02. The standard InChI is InChI=1S/C13H18N4/c1-16-8-6-10(7-9-16)17-12-5-3-2-4-11(12)15-13(17)14/h2-5,10H,6-9H2,1H3,(H2,14,15). The van der Waals surface area contributed by atoms with Crippen LogP contribution in [0.1, 0.15) is 18.9 Å². The lowest BCUT2D eigenvalue weighted by Gasteiger charge is -2.30. The summed E-state index contributed by atoms with van der Waals surface area (Å²) in [4.78, 5) is 6.80. The van der Waals surface area contributed by atoms with Crippen LogP contribution in [0.25, 0.3) is 11.0 Å². The third-order valence-electron chi connectivity index (χ3n) is 3.68. The third kappa shape index (κ3) is 1.78. The van der Waals surface area contributed by atoms with Crippen molar-refractivity contribution in [1.82, 2.24) is 14.5 Å².